The van der Waals surface area contributed by atoms with E-state index in [1.807, 2.05) is 0 Å². The molecule has 0 aromatic carbocycles. The fraction of sp³-hybridized carbons (Fsp3) is 0.875. The van der Waals surface area contributed by atoms with E-state index in [2.05, 4.69) is 20.8 Å². The molecule has 176 valence electrons. The minimum absolute atomic E-state index is 0.146. The zero-order chi connectivity index (χ0) is 22.5. The van der Waals surface area contributed by atoms with E-state index in [1.165, 1.54) is 0 Å². The highest BCUT2D eigenvalue weighted by Crippen LogP contribution is 2.15. The number of hydrogen-bond donors (Lipinski definition) is 0. The molecule has 0 aromatic heterocycles. The summed E-state index contributed by atoms with van der Waals surface area (Å²) in [4.78, 5) is 36.7. The number of unbranched alkanes of at least 4 members (excludes halogenated alkanes) is 9. The van der Waals surface area contributed by atoms with Gasteiger partial charge in [0, 0.05) is 0 Å². The number of rotatable bonds is 20. The Morgan fingerprint density at radius 1 is 0.533 bits per heavy atom. The highest BCUT2D eigenvalue weighted by Gasteiger charge is 2.27. The van der Waals surface area contributed by atoms with Gasteiger partial charge in [-0.15, -0.1) is 0 Å². The van der Waals surface area contributed by atoms with Gasteiger partial charge >= 0.3 is 17.9 Å². The largest absolute Gasteiger partial charge is 0.466 e. The third kappa shape index (κ3) is 17.3. The summed E-state index contributed by atoms with van der Waals surface area (Å²) in [5.41, 5.74) is 0. The number of ether oxygens (including phenoxy) is 3. The van der Waals surface area contributed by atoms with E-state index in [0.29, 0.717) is 19.8 Å². The highest BCUT2D eigenvalue weighted by molar-refractivity contribution is 5.84. The van der Waals surface area contributed by atoms with Crippen molar-refractivity contribution in [1.82, 2.24) is 0 Å². The van der Waals surface area contributed by atoms with E-state index in [-0.39, 0.29) is 12.8 Å². The predicted octanol–water partition coefficient (Wildman–Crippen LogP) is 5.75. The Morgan fingerprint density at radius 2 is 0.900 bits per heavy atom. The number of carbonyl (C=O) groups excluding carboxylic acids is 3. The van der Waals surface area contributed by atoms with Gasteiger partial charge < -0.3 is 14.2 Å². The Morgan fingerprint density at radius 3 is 1.27 bits per heavy atom. The molecule has 0 fully saturated rings. The van der Waals surface area contributed by atoms with Crippen molar-refractivity contribution in [3.05, 3.63) is 0 Å². The van der Waals surface area contributed by atoms with Gasteiger partial charge in [0.1, 0.15) is 0 Å². The summed E-state index contributed by atoms with van der Waals surface area (Å²) in [6.45, 7) is 7.36. The first kappa shape index (κ1) is 28.4. The average molecular weight is 429 g/mol. The summed E-state index contributed by atoms with van der Waals surface area (Å²) in [5.74, 6) is -2.29. The molecule has 30 heavy (non-hydrogen) atoms. The van der Waals surface area contributed by atoms with Crippen LogP contribution in [-0.2, 0) is 28.6 Å². The number of carbonyl (C=O) groups is 3. The zero-order valence-corrected chi connectivity index (χ0v) is 19.5. The topological polar surface area (TPSA) is 78.9 Å². The van der Waals surface area contributed by atoms with Crippen LogP contribution in [0, 0.1) is 5.92 Å². The van der Waals surface area contributed by atoms with Crippen LogP contribution >= 0.6 is 0 Å². The molecule has 0 saturated heterocycles. The van der Waals surface area contributed by atoms with Gasteiger partial charge in [0.15, 0.2) is 0 Å². The van der Waals surface area contributed by atoms with Crippen molar-refractivity contribution in [3.63, 3.8) is 0 Å². The maximum absolute atomic E-state index is 12.4. The van der Waals surface area contributed by atoms with Crippen molar-refractivity contribution in [2.75, 3.05) is 19.8 Å². The third-order valence-electron chi connectivity index (χ3n) is 4.92. The van der Waals surface area contributed by atoms with Crippen molar-refractivity contribution >= 4 is 17.9 Å². The molecule has 0 atom stereocenters. The minimum atomic E-state index is -0.845. The number of hydrogen-bond acceptors (Lipinski definition) is 6. The van der Waals surface area contributed by atoms with Gasteiger partial charge in [-0.2, -0.15) is 0 Å². The SMILES string of the molecule is CCCCCCOC(=O)CC(CC(=O)OCCCCCC)C(=O)OCCCCCC. The first-order chi connectivity index (χ1) is 14.5. The lowest BCUT2D eigenvalue weighted by atomic mass is 10.0. The second-order valence-electron chi connectivity index (χ2n) is 7.90. The van der Waals surface area contributed by atoms with Crippen molar-refractivity contribution < 1.29 is 28.6 Å². The predicted molar refractivity (Wildman–Crippen MR) is 118 cm³/mol. The molecule has 0 radical (unpaired) electrons. The van der Waals surface area contributed by atoms with Crippen molar-refractivity contribution in [2.24, 2.45) is 5.92 Å². The molecule has 0 aliphatic carbocycles. The molecule has 0 aromatic rings. The van der Waals surface area contributed by atoms with Gasteiger partial charge in [-0.25, -0.2) is 0 Å². The van der Waals surface area contributed by atoms with Crippen LogP contribution in [0.15, 0.2) is 0 Å². The zero-order valence-electron chi connectivity index (χ0n) is 19.5. The monoisotopic (exact) mass is 428 g/mol. The second kappa shape index (κ2) is 20.7. The molecule has 0 aliphatic heterocycles. The van der Waals surface area contributed by atoms with Crippen LogP contribution < -0.4 is 0 Å². The van der Waals surface area contributed by atoms with Gasteiger partial charge in [-0.05, 0) is 19.3 Å². The molecule has 0 heterocycles. The van der Waals surface area contributed by atoms with Gasteiger partial charge in [0.25, 0.3) is 0 Å². The molecule has 0 N–H and O–H groups in total. The molecule has 6 heteroatoms. The van der Waals surface area contributed by atoms with E-state index in [9.17, 15) is 14.4 Å². The Labute approximate surface area is 183 Å². The van der Waals surface area contributed by atoms with Crippen LogP contribution in [0.4, 0.5) is 0 Å². The Hall–Kier alpha value is -1.59. The lowest BCUT2D eigenvalue weighted by Crippen LogP contribution is -2.26. The lowest BCUT2D eigenvalue weighted by Gasteiger charge is -2.15. The van der Waals surface area contributed by atoms with Crippen molar-refractivity contribution in [1.29, 1.82) is 0 Å². The van der Waals surface area contributed by atoms with Crippen molar-refractivity contribution in [2.45, 2.75) is 111 Å². The fourth-order valence-corrected chi connectivity index (χ4v) is 3.01. The number of esters is 3. The molecular formula is C24H44O6. The smallest absolute Gasteiger partial charge is 0.310 e. The second-order valence-corrected chi connectivity index (χ2v) is 7.90. The van der Waals surface area contributed by atoms with Crippen LogP contribution in [0.25, 0.3) is 0 Å². The highest BCUT2D eigenvalue weighted by atomic mass is 16.5. The summed E-state index contributed by atoms with van der Waals surface area (Å²) in [6.07, 6.45) is 11.8. The van der Waals surface area contributed by atoms with E-state index >= 15 is 0 Å². The van der Waals surface area contributed by atoms with Gasteiger partial charge in [-0.3, -0.25) is 14.4 Å². The Balaban J connectivity index is 4.46. The molecular weight excluding hydrogens is 384 g/mol. The summed E-state index contributed by atoms with van der Waals surface area (Å²) in [7, 11) is 0. The molecule has 0 spiro atoms. The van der Waals surface area contributed by atoms with E-state index in [1.54, 1.807) is 0 Å². The maximum Gasteiger partial charge on any atom is 0.310 e. The van der Waals surface area contributed by atoms with Gasteiger partial charge in [-0.1, -0.05) is 78.6 Å². The van der Waals surface area contributed by atoms with Crippen molar-refractivity contribution in [3.8, 4) is 0 Å². The lowest BCUT2D eigenvalue weighted by molar-refractivity contribution is -0.159. The Kier molecular flexibility index (Phi) is 19.6. The summed E-state index contributed by atoms with van der Waals surface area (Å²) >= 11 is 0. The fourth-order valence-electron chi connectivity index (χ4n) is 3.01. The summed E-state index contributed by atoms with van der Waals surface area (Å²) in [6, 6.07) is 0. The minimum Gasteiger partial charge on any atom is -0.466 e. The van der Waals surface area contributed by atoms with Crippen LogP contribution in [0.3, 0.4) is 0 Å². The third-order valence-corrected chi connectivity index (χ3v) is 4.92. The average Bonchev–Trinajstić information content (AvgIpc) is 2.72. The van der Waals surface area contributed by atoms with Gasteiger partial charge in [0.2, 0.25) is 0 Å². The Bertz CT molecular complexity index is 421. The van der Waals surface area contributed by atoms with Crippen LogP contribution in [0.1, 0.15) is 111 Å². The van der Waals surface area contributed by atoms with Crippen LogP contribution in [-0.4, -0.2) is 37.7 Å². The molecule has 0 amide bonds. The van der Waals surface area contributed by atoms with Crippen LogP contribution in [0.2, 0.25) is 0 Å². The van der Waals surface area contributed by atoms with E-state index in [0.717, 1.165) is 77.0 Å². The maximum atomic E-state index is 12.4. The summed E-state index contributed by atoms with van der Waals surface area (Å²) in [5, 5.41) is 0. The molecule has 0 bridgehead atoms. The normalized spacial score (nSPS) is 10.8. The molecule has 0 saturated carbocycles. The van der Waals surface area contributed by atoms with Gasteiger partial charge in [0.05, 0.1) is 38.6 Å². The molecule has 0 rings (SSSR count). The van der Waals surface area contributed by atoms with E-state index < -0.39 is 23.8 Å². The first-order valence-corrected chi connectivity index (χ1v) is 12.0. The summed E-state index contributed by atoms with van der Waals surface area (Å²) < 4.78 is 15.8. The molecule has 6 nitrogen and oxygen atoms in total. The molecule has 0 unspecified atom stereocenters. The van der Waals surface area contributed by atoms with Crippen LogP contribution in [0.5, 0.6) is 0 Å². The standard InChI is InChI=1S/C24H44O6/c1-4-7-10-13-16-28-22(25)19-21(24(27)30-18-15-12-9-6-3)20-23(26)29-17-14-11-8-5-2/h21H,4-20H2,1-3H3. The molecule has 0 aliphatic rings. The quantitative estimate of drug-likeness (QED) is 0.139. The van der Waals surface area contributed by atoms with E-state index in [4.69, 9.17) is 14.2 Å². The first-order valence-electron chi connectivity index (χ1n) is 12.0.